The Hall–Kier alpha value is -1.02. The summed E-state index contributed by atoms with van der Waals surface area (Å²) in [5, 5.41) is 3.47. The van der Waals surface area contributed by atoms with E-state index in [-0.39, 0.29) is 0 Å². The van der Waals surface area contributed by atoms with E-state index >= 15 is 0 Å². The first-order valence-electron chi connectivity index (χ1n) is 8.30. The number of anilines is 1. The van der Waals surface area contributed by atoms with E-state index in [1.165, 1.54) is 70.3 Å². The van der Waals surface area contributed by atoms with Gasteiger partial charge in [0.15, 0.2) is 0 Å². The van der Waals surface area contributed by atoms with Gasteiger partial charge in [0.25, 0.3) is 0 Å². The number of aryl methyl sites for hydroxylation is 1. The zero-order valence-electron chi connectivity index (χ0n) is 12.8. The fraction of sp³-hybridized carbons (Fsp3) is 0.667. The maximum Gasteiger partial charge on any atom is 0.0398 e. The largest absolute Gasteiger partial charge is 0.371 e. The maximum absolute atomic E-state index is 3.47. The van der Waals surface area contributed by atoms with E-state index in [1.54, 1.807) is 5.56 Å². The van der Waals surface area contributed by atoms with E-state index in [4.69, 9.17) is 0 Å². The third-order valence-electron chi connectivity index (χ3n) is 5.20. The lowest BCUT2D eigenvalue weighted by Crippen LogP contribution is -2.46. The molecule has 1 saturated carbocycles. The van der Waals surface area contributed by atoms with Crippen LogP contribution in [0, 0.1) is 5.41 Å². The second kappa shape index (κ2) is 6.17. The zero-order chi connectivity index (χ0) is 13.8. The number of fused-ring (bicyclic) bond motifs is 1. The molecule has 3 rings (SSSR count). The van der Waals surface area contributed by atoms with Crippen LogP contribution in [0.25, 0.3) is 0 Å². The minimum Gasteiger partial charge on any atom is -0.371 e. The molecule has 0 spiro atoms. The molecule has 1 aliphatic carbocycles. The molecule has 0 atom stereocenters. The highest BCUT2D eigenvalue weighted by molar-refractivity contribution is 5.55. The summed E-state index contributed by atoms with van der Waals surface area (Å²) in [6.07, 6.45) is 9.62. The summed E-state index contributed by atoms with van der Waals surface area (Å²) in [5.41, 5.74) is 3.55. The highest BCUT2D eigenvalue weighted by Gasteiger charge is 2.34. The molecule has 1 heterocycles. The first kappa shape index (κ1) is 13.9. The number of hydrogen-bond donors (Lipinski definition) is 1. The molecule has 0 radical (unpaired) electrons. The summed E-state index contributed by atoms with van der Waals surface area (Å²) in [6.45, 7) is 3.65. The molecular formula is C18H28N2. The molecule has 1 aromatic rings. The monoisotopic (exact) mass is 272 g/mol. The smallest absolute Gasteiger partial charge is 0.0398 e. The molecule has 1 aromatic carbocycles. The number of hydrogen-bond acceptors (Lipinski definition) is 2. The molecule has 110 valence electrons. The van der Waals surface area contributed by atoms with Crippen molar-refractivity contribution in [2.45, 2.75) is 44.9 Å². The molecule has 1 aliphatic heterocycles. The van der Waals surface area contributed by atoms with Gasteiger partial charge in [0, 0.05) is 30.7 Å². The summed E-state index contributed by atoms with van der Waals surface area (Å²) < 4.78 is 0. The lowest BCUT2D eigenvalue weighted by molar-refractivity contribution is 0.190. The second-order valence-electron chi connectivity index (χ2n) is 6.74. The van der Waals surface area contributed by atoms with Crippen molar-refractivity contribution in [3.8, 4) is 0 Å². The summed E-state index contributed by atoms with van der Waals surface area (Å²) in [6, 6.07) is 9.02. The van der Waals surface area contributed by atoms with Crippen LogP contribution < -0.4 is 10.2 Å². The normalized spacial score (nSPS) is 21.6. The van der Waals surface area contributed by atoms with Crippen molar-refractivity contribution in [3.05, 3.63) is 29.8 Å². The van der Waals surface area contributed by atoms with Crippen molar-refractivity contribution in [1.82, 2.24) is 5.32 Å². The molecule has 0 unspecified atom stereocenters. The number of rotatable bonds is 4. The first-order chi connectivity index (χ1) is 9.83. The Kier molecular flexibility index (Phi) is 4.30. The highest BCUT2D eigenvalue weighted by atomic mass is 15.1. The van der Waals surface area contributed by atoms with E-state index in [2.05, 4.69) is 41.5 Å². The van der Waals surface area contributed by atoms with Gasteiger partial charge in [0.1, 0.15) is 0 Å². The minimum atomic E-state index is 0.497. The number of benzene rings is 1. The van der Waals surface area contributed by atoms with Crippen LogP contribution in [0.1, 0.15) is 44.1 Å². The summed E-state index contributed by atoms with van der Waals surface area (Å²) >= 11 is 0. The molecule has 2 aliphatic rings. The second-order valence-corrected chi connectivity index (χ2v) is 6.74. The van der Waals surface area contributed by atoms with Crippen LogP contribution in [0.5, 0.6) is 0 Å². The van der Waals surface area contributed by atoms with Crippen molar-refractivity contribution in [2.24, 2.45) is 5.41 Å². The molecule has 0 aromatic heterocycles. The van der Waals surface area contributed by atoms with Gasteiger partial charge in [-0.2, -0.15) is 0 Å². The molecule has 0 bridgehead atoms. The molecule has 2 nitrogen and oxygen atoms in total. The number of nitrogens with zero attached hydrogens (tertiary/aromatic N) is 1. The fourth-order valence-electron chi connectivity index (χ4n) is 4.25. The standard InChI is InChI=1S/C18H28N2/c1-19-14-18(11-5-2-6-12-18)15-20-13-7-9-16-8-3-4-10-17(16)20/h3-4,8,10,19H,2,5-7,9,11-15H2,1H3. The van der Waals surface area contributed by atoms with E-state index in [1.807, 2.05) is 0 Å². The highest BCUT2D eigenvalue weighted by Crippen LogP contribution is 2.39. The van der Waals surface area contributed by atoms with Crippen LogP contribution in [0.15, 0.2) is 24.3 Å². The topological polar surface area (TPSA) is 15.3 Å². The van der Waals surface area contributed by atoms with Crippen LogP contribution in [-0.2, 0) is 6.42 Å². The van der Waals surface area contributed by atoms with Gasteiger partial charge in [-0.05, 0) is 44.4 Å². The molecule has 1 fully saturated rings. The van der Waals surface area contributed by atoms with Gasteiger partial charge in [-0.15, -0.1) is 0 Å². The summed E-state index contributed by atoms with van der Waals surface area (Å²) in [4.78, 5) is 2.67. The van der Waals surface area contributed by atoms with Gasteiger partial charge in [-0.3, -0.25) is 0 Å². The predicted octanol–water partition coefficient (Wildman–Crippen LogP) is 3.61. The van der Waals surface area contributed by atoms with Crippen LogP contribution >= 0.6 is 0 Å². The molecular weight excluding hydrogens is 244 g/mol. The van der Waals surface area contributed by atoms with E-state index in [0.29, 0.717) is 5.41 Å². The zero-order valence-corrected chi connectivity index (χ0v) is 12.8. The van der Waals surface area contributed by atoms with Gasteiger partial charge in [0.05, 0.1) is 0 Å². The Morgan fingerprint density at radius 1 is 1.10 bits per heavy atom. The van der Waals surface area contributed by atoms with Crippen LogP contribution in [0.4, 0.5) is 5.69 Å². The lowest BCUT2D eigenvalue weighted by atomic mass is 9.73. The summed E-state index contributed by atoms with van der Waals surface area (Å²) in [5.74, 6) is 0. The molecule has 1 N–H and O–H groups in total. The van der Waals surface area contributed by atoms with Crippen molar-refractivity contribution in [1.29, 1.82) is 0 Å². The SMILES string of the molecule is CNCC1(CN2CCCc3ccccc32)CCCCC1. The average molecular weight is 272 g/mol. The van der Waals surface area contributed by atoms with Crippen LogP contribution in [-0.4, -0.2) is 26.7 Å². The first-order valence-corrected chi connectivity index (χ1v) is 8.30. The molecule has 20 heavy (non-hydrogen) atoms. The van der Waals surface area contributed by atoms with Crippen molar-refractivity contribution < 1.29 is 0 Å². The van der Waals surface area contributed by atoms with Crippen LogP contribution in [0.2, 0.25) is 0 Å². The van der Waals surface area contributed by atoms with Gasteiger partial charge >= 0.3 is 0 Å². The predicted molar refractivity (Wildman–Crippen MR) is 86.4 cm³/mol. The van der Waals surface area contributed by atoms with Gasteiger partial charge in [0.2, 0.25) is 0 Å². The Morgan fingerprint density at radius 2 is 1.90 bits per heavy atom. The van der Waals surface area contributed by atoms with Crippen molar-refractivity contribution in [2.75, 3.05) is 31.6 Å². The maximum atomic E-state index is 3.47. The Bertz CT molecular complexity index is 429. The molecule has 2 heteroatoms. The third-order valence-corrected chi connectivity index (χ3v) is 5.20. The Balaban J connectivity index is 1.79. The van der Waals surface area contributed by atoms with E-state index in [9.17, 15) is 0 Å². The van der Waals surface area contributed by atoms with Gasteiger partial charge < -0.3 is 10.2 Å². The van der Waals surface area contributed by atoms with Gasteiger partial charge in [-0.1, -0.05) is 37.5 Å². The molecule has 0 saturated heterocycles. The van der Waals surface area contributed by atoms with Crippen LogP contribution in [0.3, 0.4) is 0 Å². The quantitative estimate of drug-likeness (QED) is 0.901. The Labute approximate surface area is 123 Å². The fourth-order valence-corrected chi connectivity index (χ4v) is 4.25. The number of para-hydroxylation sites is 1. The Morgan fingerprint density at radius 3 is 2.70 bits per heavy atom. The minimum absolute atomic E-state index is 0.497. The van der Waals surface area contributed by atoms with Crippen molar-refractivity contribution in [3.63, 3.8) is 0 Å². The average Bonchev–Trinajstić information content (AvgIpc) is 2.49. The number of nitrogens with one attached hydrogen (secondary N) is 1. The van der Waals surface area contributed by atoms with Crippen molar-refractivity contribution >= 4 is 5.69 Å². The lowest BCUT2D eigenvalue weighted by Gasteiger charge is -2.43. The van der Waals surface area contributed by atoms with Gasteiger partial charge in [-0.25, -0.2) is 0 Å². The van der Waals surface area contributed by atoms with E-state index in [0.717, 1.165) is 0 Å². The van der Waals surface area contributed by atoms with E-state index < -0.39 is 0 Å². The third kappa shape index (κ3) is 2.85. The summed E-state index contributed by atoms with van der Waals surface area (Å²) in [7, 11) is 2.11. The molecule has 0 amide bonds.